The zero-order valence-electron chi connectivity index (χ0n) is 12.5. The summed E-state index contributed by atoms with van der Waals surface area (Å²) < 4.78 is 18.6. The number of carboxylic acids is 1. The summed E-state index contributed by atoms with van der Waals surface area (Å²) in [5.41, 5.74) is 1.56. The summed E-state index contributed by atoms with van der Waals surface area (Å²) in [6, 6.07) is 13.9. The highest BCUT2D eigenvalue weighted by Crippen LogP contribution is 2.31. The Morgan fingerprint density at radius 1 is 1.23 bits per heavy atom. The van der Waals surface area contributed by atoms with Crippen LogP contribution in [0.15, 0.2) is 48.5 Å². The van der Waals surface area contributed by atoms with Crippen LogP contribution in [-0.2, 0) is 11.2 Å². The molecule has 0 radical (unpaired) electrons. The number of carbonyl (C=O) groups is 1. The molecule has 0 spiro atoms. The number of aryl methyl sites for hydroxylation is 1. The fourth-order valence-corrected chi connectivity index (χ4v) is 2.54. The van der Waals surface area contributed by atoms with Crippen molar-refractivity contribution in [2.75, 3.05) is 7.11 Å². The smallest absolute Gasteiger partial charge is 0.311 e. The van der Waals surface area contributed by atoms with E-state index in [2.05, 4.69) is 0 Å². The predicted octanol–water partition coefficient (Wildman–Crippen LogP) is 4.03. The lowest BCUT2D eigenvalue weighted by Gasteiger charge is -2.16. The zero-order chi connectivity index (χ0) is 15.9. The molecule has 0 saturated carbocycles. The van der Waals surface area contributed by atoms with Gasteiger partial charge in [-0.05, 0) is 43.0 Å². The average molecular weight is 302 g/mol. The Labute approximate surface area is 129 Å². The van der Waals surface area contributed by atoms with Crippen LogP contribution in [0.4, 0.5) is 4.39 Å². The Hall–Kier alpha value is -2.36. The lowest BCUT2D eigenvalue weighted by molar-refractivity contribution is -0.139. The second-order valence-electron chi connectivity index (χ2n) is 5.15. The Morgan fingerprint density at radius 2 is 1.95 bits per heavy atom. The van der Waals surface area contributed by atoms with E-state index in [0.29, 0.717) is 24.2 Å². The highest BCUT2D eigenvalue weighted by Gasteiger charge is 2.23. The molecule has 1 N–H and O–H groups in total. The van der Waals surface area contributed by atoms with Gasteiger partial charge in [-0.2, -0.15) is 0 Å². The van der Waals surface area contributed by atoms with Gasteiger partial charge in [0.2, 0.25) is 0 Å². The molecule has 0 bridgehead atoms. The van der Waals surface area contributed by atoms with E-state index in [9.17, 15) is 14.3 Å². The number of hydrogen-bond acceptors (Lipinski definition) is 2. The van der Waals surface area contributed by atoms with Crippen LogP contribution in [0.5, 0.6) is 5.75 Å². The van der Waals surface area contributed by atoms with Crippen molar-refractivity contribution >= 4 is 5.97 Å². The fraction of sp³-hybridized carbons (Fsp3) is 0.278. The van der Waals surface area contributed by atoms with Crippen LogP contribution in [0.1, 0.15) is 29.9 Å². The lowest BCUT2D eigenvalue weighted by atomic mass is 9.92. The van der Waals surface area contributed by atoms with Gasteiger partial charge in [0.1, 0.15) is 11.6 Å². The first-order chi connectivity index (χ1) is 10.6. The van der Waals surface area contributed by atoms with Crippen LogP contribution < -0.4 is 4.74 Å². The normalized spacial score (nSPS) is 11.9. The maximum Gasteiger partial charge on any atom is 0.311 e. The summed E-state index contributed by atoms with van der Waals surface area (Å²) in [5, 5.41) is 9.46. The van der Waals surface area contributed by atoms with Crippen molar-refractivity contribution in [2.45, 2.75) is 25.2 Å². The van der Waals surface area contributed by atoms with E-state index in [1.54, 1.807) is 0 Å². The quantitative estimate of drug-likeness (QED) is 0.840. The molecule has 0 saturated heterocycles. The van der Waals surface area contributed by atoms with Crippen LogP contribution in [-0.4, -0.2) is 18.2 Å². The molecule has 22 heavy (non-hydrogen) atoms. The molecule has 0 amide bonds. The van der Waals surface area contributed by atoms with E-state index in [1.807, 2.05) is 30.3 Å². The van der Waals surface area contributed by atoms with E-state index in [4.69, 9.17) is 4.74 Å². The van der Waals surface area contributed by atoms with E-state index >= 15 is 0 Å². The third-order valence-corrected chi connectivity index (χ3v) is 3.67. The largest absolute Gasteiger partial charge is 0.496 e. The van der Waals surface area contributed by atoms with Gasteiger partial charge in [-0.25, -0.2) is 4.39 Å². The van der Waals surface area contributed by atoms with Crippen molar-refractivity contribution < 1.29 is 19.0 Å². The standard InChI is InChI=1S/C18H19FO3/c1-22-17-11-10-14(19)12-16(17)15(18(20)21)9-5-8-13-6-3-2-4-7-13/h2-4,6-7,10-12,15H,5,8-9H2,1H3,(H,20,21). The summed E-state index contributed by atoms with van der Waals surface area (Å²) in [4.78, 5) is 11.5. The highest BCUT2D eigenvalue weighted by atomic mass is 19.1. The number of ether oxygens (including phenoxy) is 1. The summed E-state index contributed by atoms with van der Waals surface area (Å²) in [5.74, 6) is -1.77. The van der Waals surface area contributed by atoms with Gasteiger partial charge >= 0.3 is 5.97 Å². The molecule has 0 fully saturated rings. The molecule has 0 aliphatic carbocycles. The molecule has 1 unspecified atom stereocenters. The molecular weight excluding hydrogens is 283 g/mol. The van der Waals surface area contributed by atoms with Crippen molar-refractivity contribution in [1.29, 1.82) is 0 Å². The van der Waals surface area contributed by atoms with Gasteiger partial charge in [0.15, 0.2) is 0 Å². The molecule has 2 aromatic rings. The number of hydrogen-bond donors (Lipinski definition) is 1. The van der Waals surface area contributed by atoms with Crippen LogP contribution in [0, 0.1) is 5.82 Å². The van der Waals surface area contributed by atoms with Gasteiger partial charge in [0, 0.05) is 5.56 Å². The Bertz CT molecular complexity index is 625. The molecule has 1 atom stereocenters. The first-order valence-electron chi connectivity index (χ1n) is 7.22. The molecule has 0 aromatic heterocycles. The number of halogens is 1. The zero-order valence-corrected chi connectivity index (χ0v) is 12.5. The lowest BCUT2D eigenvalue weighted by Crippen LogP contribution is -2.13. The number of aliphatic carboxylic acids is 1. The third-order valence-electron chi connectivity index (χ3n) is 3.67. The maximum absolute atomic E-state index is 13.4. The minimum atomic E-state index is -0.961. The van der Waals surface area contributed by atoms with Crippen LogP contribution in [0.2, 0.25) is 0 Å². The molecule has 3 nitrogen and oxygen atoms in total. The molecule has 2 rings (SSSR count). The minimum Gasteiger partial charge on any atom is -0.496 e. The van der Waals surface area contributed by atoms with Gasteiger partial charge in [-0.3, -0.25) is 4.79 Å². The molecule has 0 aliphatic rings. The summed E-state index contributed by atoms with van der Waals surface area (Å²) in [6.45, 7) is 0. The topological polar surface area (TPSA) is 46.5 Å². The number of methoxy groups -OCH3 is 1. The van der Waals surface area contributed by atoms with Crippen LogP contribution >= 0.6 is 0 Å². The third kappa shape index (κ3) is 4.07. The second-order valence-corrected chi connectivity index (χ2v) is 5.15. The summed E-state index contributed by atoms with van der Waals surface area (Å²) in [6.07, 6.45) is 1.94. The van der Waals surface area contributed by atoms with E-state index in [1.165, 1.54) is 25.3 Å². The van der Waals surface area contributed by atoms with Crippen LogP contribution in [0.25, 0.3) is 0 Å². The molecule has 0 heterocycles. The first kappa shape index (κ1) is 16.0. The Balaban J connectivity index is 2.10. The van der Waals surface area contributed by atoms with Crippen molar-refractivity contribution in [2.24, 2.45) is 0 Å². The Kier molecular flexibility index (Phi) is 5.53. The minimum absolute atomic E-state index is 0.392. The van der Waals surface area contributed by atoms with Crippen molar-refractivity contribution in [3.8, 4) is 5.75 Å². The van der Waals surface area contributed by atoms with Crippen molar-refractivity contribution in [3.63, 3.8) is 0 Å². The molecule has 0 aliphatic heterocycles. The molecule has 4 heteroatoms. The van der Waals surface area contributed by atoms with Gasteiger partial charge in [-0.1, -0.05) is 30.3 Å². The fourth-order valence-electron chi connectivity index (χ4n) is 2.54. The van der Waals surface area contributed by atoms with E-state index in [-0.39, 0.29) is 0 Å². The van der Waals surface area contributed by atoms with Gasteiger partial charge in [0.05, 0.1) is 13.0 Å². The number of carboxylic acid groups (broad SMARTS) is 1. The Morgan fingerprint density at radius 3 is 2.59 bits per heavy atom. The predicted molar refractivity (Wildman–Crippen MR) is 82.7 cm³/mol. The van der Waals surface area contributed by atoms with E-state index in [0.717, 1.165) is 12.0 Å². The van der Waals surface area contributed by atoms with Crippen molar-refractivity contribution in [3.05, 3.63) is 65.5 Å². The second kappa shape index (κ2) is 7.59. The molecular formula is C18H19FO3. The maximum atomic E-state index is 13.4. The monoisotopic (exact) mass is 302 g/mol. The average Bonchev–Trinajstić information content (AvgIpc) is 2.52. The van der Waals surface area contributed by atoms with Gasteiger partial charge < -0.3 is 9.84 Å². The van der Waals surface area contributed by atoms with Gasteiger partial charge in [-0.15, -0.1) is 0 Å². The van der Waals surface area contributed by atoms with Gasteiger partial charge in [0.25, 0.3) is 0 Å². The highest BCUT2D eigenvalue weighted by molar-refractivity contribution is 5.77. The number of benzene rings is 2. The first-order valence-corrected chi connectivity index (χ1v) is 7.22. The summed E-state index contributed by atoms with van der Waals surface area (Å²) in [7, 11) is 1.46. The summed E-state index contributed by atoms with van der Waals surface area (Å²) >= 11 is 0. The van der Waals surface area contributed by atoms with E-state index < -0.39 is 17.7 Å². The molecule has 2 aromatic carbocycles. The van der Waals surface area contributed by atoms with Crippen molar-refractivity contribution in [1.82, 2.24) is 0 Å². The number of rotatable bonds is 7. The molecule has 116 valence electrons. The van der Waals surface area contributed by atoms with Crippen LogP contribution in [0.3, 0.4) is 0 Å². The SMILES string of the molecule is COc1ccc(F)cc1C(CCCc1ccccc1)C(=O)O.